The zero-order valence-electron chi connectivity index (χ0n) is 5.47. The molecule has 0 fully saturated rings. The number of aliphatic hydroxyl groups is 4. The molecule has 0 heterocycles. The summed E-state index contributed by atoms with van der Waals surface area (Å²) in [6, 6.07) is 0. The third-order valence-electron chi connectivity index (χ3n) is 0.726. The molecule has 6 heteroatoms. The lowest BCUT2D eigenvalue weighted by molar-refractivity contribution is -0.396. The van der Waals surface area contributed by atoms with Crippen LogP contribution in [0.3, 0.4) is 0 Å². The van der Waals surface area contributed by atoms with Gasteiger partial charge in [0.1, 0.15) is 0 Å². The summed E-state index contributed by atoms with van der Waals surface area (Å²) in [5.41, 5.74) is 0. The van der Waals surface area contributed by atoms with Crippen molar-refractivity contribution in [2.75, 3.05) is 0 Å². The Morgan fingerprint density at radius 2 is 2.00 bits per heavy atom. The molecule has 0 spiro atoms. The lowest BCUT2D eigenvalue weighted by Gasteiger charge is -2.19. The van der Waals surface area contributed by atoms with Gasteiger partial charge in [0.05, 0.1) is 0 Å². The number of carbonyl (C=O) groups is 1. The molecule has 0 aromatic rings. The van der Waals surface area contributed by atoms with Gasteiger partial charge in [-0.15, -0.1) is 0 Å². The molecule has 0 bridgehead atoms. The Bertz CT molecular complexity index is 157. The molecule has 4 N–H and O–H groups in total. The van der Waals surface area contributed by atoms with Gasteiger partial charge in [0.15, 0.2) is 0 Å². The highest BCUT2D eigenvalue weighted by Gasteiger charge is 2.33. The van der Waals surface area contributed by atoms with Crippen molar-refractivity contribution in [3.63, 3.8) is 0 Å². The van der Waals surface area contributed by atoms with Gasteiger partial charge in [-0.05, 0) is 0 Å². The highest BCUT2D eigenvalue weighted by molar-refractivity contribution is 5.81. The molecule has 0 aliphatic rings. The summed E-state index contributed by atoms with van der Waals surface area (Å²) in [6.45, 7) is 2.97. The fraction of sp³-hybridized carbons (Fsp3) is 0.400. The average molecular weight is 164 g/mol. The van der Waals surface area contributed by atoms with Crippen molar-refractivity contribution >= 4 is 5.97 Å². The first-order chi connectivity index (χ1) is 4.88. The summed E-state index contributed by atoms with van der Waals surface area (Å²) >= 11 is 0. The van der Waals surface area contributed by atoms with Crippen LogP contribution in [0.5, 0.6) is 0 Å². The molecule has 0 aliphatic heterocycles. The van der Waals surface area contributed by atoms with E-state index in [0.717, 1.165) is 0 Å². The second kappa shape index (κ2) is 3.44. The van der Waals surface area contributed by atoms with Gasteiger partial charge < -0.3 is 25.2 Å². The second-order valence-corrected chi connectivity index (χ2v) is 1.68. The predicted octanol–water partition coefficient (Wildman–Crippen LogP) is -2.34. The van der Waals surface area contributed by atoms with Crippen molar-refractivity contribution in [3.8, 4) is 0 Å². The largest absolute Gasteiger partial charge is 0.424 e. The third-order valence-corrected chi connectivity index (χ3v) is 0.726. The van der Waals surface area contributed by atoms with Crippen LogP contribution in [0.1, 0.15) is 0 Å². The first-order valence-corrected chi connectivity index (χ1v) is 2.56. The number of esters is 1. The van der Waals surface area contributed by atoms with Crippen LogP contribution in [0, 0.1) is 0 Å². The molecule has 1 atom stereocenters. The fourth-order valence-electron chi connectivity index (χ4n) is 0.237. The van der Waals surface area contributed by atoms with Gasteiger partial charge in [-0.25, -0.2) is 4.79 Å². The number of hydrogen-bond donors (Lipinski definition) is 4. The molecule has 0 amide bonds. The van der Waals surface area contributed by atoms with Crippen LogP contribution < -0.4 is 0 Å². The van der Waals surface area contributed by atoms with E-state index in [1.54, 1.807) is 0 Å². The molecule has 0 radical (unpaired) electrons. The predicted molar refractivity (Wildman–Crippen MR) is 31.7 cm³/mol. The minimum absolute atomic E-state index is 0.689. The lowest BCUT2D eigenvalue weighted by Crippen LogP contribution is -2.44. The van der Waals surface area contributed by atoms with Crippen LogP contribution in [0.4, 0.5) is 0 Å². The standard InChI is InChI=1S/C5H8O6/c1-2-3(6)11-4(7)5(8,9)10/h2,4,7-10H,1H2. The topological polar surface area (TPSA) is 107 Å². The summed E-state index contributed by atoms with van der Waals surface area (Å²) in [7, 11) is 0. The minimum Gasteiger partial charge on any atom is -0.424 e. The Hall–Kier alpha value is -0.950. The maximum absolute atomic E-state index is 10.2. The summed E-state index contributed by atoms with van der Waals surface area (Å²) < 4.78 is 3.81. The molecule has 0 aromatic carbocycles. The van der Waals surface area contributed by atoms with Crippen LogP contribution in [0.25, 0.3) is 0 Å². The van der Waals surface area contributed by atoms with Crippen molar-refractivity contribution in [3.05, 3.63) is 12.7 Å². The Morgan fingerprint density at radius 1 is 1.55 bits per heavy atom. The van der Waals surface area contributed by atoms with E-state index in [-0.39, 0.29) is 0 Å². The Balaban J connectivity index is 3.97. The number of aliphatic hydroxyl groups excluding tert-OH is 1. The molecule has 6 nitrogen and oxygen atoms in total. The molecule has 0 saturated heterocycles. The monoisotopic (exact) mass is 164 g/mol. The maximum Gasteiger partial charge on any atom is 0.341 e. The van der Waals surface area contributed by atoms with E-state index in [2.05, 4.69) is 11.3 Å². The third kappa shape index (κ3) is 3.68. The molecule has 0 rings (SSSR count). The van der Waals surface area contributed by atoms with E-state index >= 15 is 0 Å². The van der Waals surface area contributed by atoms with Crippen LogP contribution in [0.15, 0.2) is 12.7 Å². The Labute approximate surface area is 62.0 Å². The first-order valence-electron chi connectivity index (χ1n) is 2.56. The van der Waals surface area contributed by atoms with Gasteiger partial charge in [0, 0.05) is 6.08 Å². The molecule has 0 aromatic heterocycles. The van der Waals surface area contributed by atoms with Gasteiger partial charge in [0.25, 0.3) is 6.29 Å². The lowest BCUT2D eigenvalue weighted by atomic mass is 10.5. The van der Waals surface area contributed by atoms with Gasteiger partial charge in [-0.2, -0.15) is 0 Å². The fourth-order valence-corrected chi connectivity index (χ4v) is 0.237. The van der Waals surface area contributed by atoms with E-state index in [9.17, 15) is 4.79 Å². The van der Waals surface area contributed by atoms with Crippen molar-refractivity contribution in [1.82, 2.24) is 0 Å². The summed E-state index contributed by atoms with van der Waals surface area (Å²) in [5.74, 6) is -4.53. The van der Waals surface area contributed by atoms with Gasteiger partial charge in [0.2, 0.25) is 0 Å². The normalized spacial score (nSPS) is 13.8. The minimum atomic E-state index is -3.45. The molecular formula is C5H8O6. The maximum atomic E-state index is 10.2. The molecule has 1 unspecified atom stereocenters. The van der Waals surface area contributed by atoms with Crippen molar-refractivity contribution in [2.24, 2.45) is 0 Å². The quantitative estimate of drug-likeness (QED) is 0.211. The van der Waals surface area contributed by atoms with E-state index < -0.39 is 18.2 Å². The van der Waals surface area contributed by atoms with E-state index in [4.69, 9.17) is 20.4 Å². The van der Waals surface area contributed by atoms with E-state index in [1.165, 1.54) is 0 Å². The van der Waals surface area contributed by atoms with Gasteiger partial charge in [-0.1, -0.05) is 6.58 Å². The Kier molecular flexibility index (Phi) is 3.15. The number of hydrogen-bond acceptors (Lipinski definition) is 6. The molecule has 64 valence electrons. The number of ether oxygens (including phenoxy) is 1. The van der Waals surface area contributed by atoms with Crippen LogP contribution >= 0.6 is 0 Å². The number of carbonyl (C=O) groups excluding carboxylic acids is 1. The zero-order valence-corrected chi connectivity index (χ0v) is 5.47. The Morgan fingerprint density at radius 3 is 2.27 bits per heavy atom. The van der Waals surface area contributed by atoms with Gasteiger partial charge in [-0.3, -0.25) is 0 Å². The smallest absolute Gasteiger partial charge is 0.341 e. The van der Waals surface area contributed by atoms with Crippen LogP contribution in [0.2, 0.25) is 0 Å². The highest BCUT2D eigenvalue weighted by atomic mass is 16.8. The second-order valence-electron chi connectivity index (χ2n) is 1.68. The summed E-state index contributed by atoms with van der Waals surface area (Å²) in [4.78, 5) is 10.2. The SMILES string of the molecule is C=CC(=O)OC(O)C(O)(O)O. The first kappa shape index (κ1) is 10.0. The van der Waals surface area contributed by atoms with E-state index in [1.807, 2.05) is 0 Å². The molecule has 0 aliphatic carbocycles. The van der Waals surface area contributed by atoms with Crippen LogP contribution in [-0.4, -0.2) is 38.7 Å². The van der Waals surface area contributed by atoms with Crippen molar-refractivity contribution in [2.45, 2.75) is 12.3 Å². The summed E-state index contributed by atoms with van der Waals surface area (Å²) in [6.07, 6.45) is -1.72. The van der Waals surface area contributed by atoms with Crippen molar-refractivity contribution in [1.29, 1.82) is 0 Å². The van der Waals surface area contributed by atoms with Crippen LogP contribution in [-0.2, 0) is 9.53 Å². The van der Waals surface area contributed by atoms with E-state index in [0.29, 0.717) is 6.08 Å². The van der Waals surface area contributed by atoms with Crippen molar-refractivity contribution < 1.29 is 30.0 Å². The zero-order chi connectivity index (χ0) is 9.07. The van der Waals surface area contributed by atoms with Gasteiger partial charge >= 0.3 is 11.9 Å². The molecular weight excluding hydrogens is 156 g/mol. The summed E-state index contributed by atoms with van der Waals surface area (Å²) in [5, 5.41) is 33.0. The average Bonchev–Trinajstić information content (AvgIpc) is 1.85. The molecule has 0 saturated carbocycles. The highest BCUT2D eigenvalue weighted by Crippen LogP contribution is 2.03. The number of rotatable bonds is 3. The molecule has 11 heavy (non-hydrogen) atoms.